The zero-order chi connectivity index (χ0) is 47.4. The molecule has 2 aliphatic carbocycles. The van der Waals surface area contributed by atoms with Crippen LogP contribution < -0.4 is 5.46 Å². The summed E-state index contributed by atoms with van der Waals surface area (Å²) in [6.45, 7) is 27.9. The summed E-state index contributed by atoms with van der Waals surface area (Å²) in [5.74, 6) is -0.0598. The Hall–Kier alpha value is -3.51. The van der Waals surface area contributed by atoms with Crippen molar-refractivity contribution in [2.24, 2.45) is 0 Å². The number of halogens is 3. The average molecular weight is 978 g/mol. The fraction of sp³-hybridized carbons (Fsp3) is 0.519. The van der Waals surface area contributed by atoms with E-state index in [1.54, 1.807) is 39.8 Å². The number of carbonyl (C=O) groups excluding carboxylic acids is 2. The second-order valence-electron chi connectivity index (χ2n) is 19.4. The molecule has 11 heteroatoms. The summed E-state index contributed by atoms with van der Waals surface area (Å²) in [5, 5.41) is 0. The van der Waals surface area contributed by atoms with Gasteiger partial charge in [-0.25, -0.2) is 8.78 Å². The van der Waals surface area contributed by atoms with Crippen LogP contribution in [0.25, 0.3) is 11.1 Å². The second-order valence-corrected chi connectivity index (χ2v) is 20.2. The first-order valence-electron chi connectivity index (χ1n) is 23.1. The van der Waals surface area contributed by atoms with E-state index in [9.17, 15) is 18.4 Å². The molecular weight excluding hydrogens is 905 g/mol. The molecule has 0 radical (unpaired) electrons. The molecule has 0 spiro atoms. The number of benzene rings is 4. The highest BCUT2D eigenvalue weighted by Gasteiger charge is 2.52. The highest BCUT2D eigenvalue weighted by Crippen LogP contribution is 2.44. The summed E-state index contributed by atoms with van der Waals surface area (Å²) in [6.07, 6.45) is 5.66. The molecule has 354 valence electrons. The van der Waals surface area contributed by atoms with Crippen molar-refractivity contribution in [3.05, 3.63) is 120 Å². The molecule has 0 unspecified atom stereocenters. The molecule has 7 rings (SSSR count). The third-order valence-electron chi connectivity index (χ3n) is 13.1. The number of rotatable bonds is 12. The lowest BCUT2D eigenvalue weighted by molar-refractivity contribution is -0.144. The summed E-state index contributed by atoms with van der Waals surface area (Å²) in [5.41, 5.74) is 12.4. The van der Waals surface area contributed by atoms with Crippen LogP contribution in [0.3, 0.4) is 0 Å². The van der Waals surface area contributed by atoms with Crippen LogP contribution in [0.4, 0.5) is 8.78 Å². The monoisotopic (exact) mass is 976 g/mol. The SMILES string of the molecule is CCOC(=O)C[C@H](C)c1cc(-c2c(C)cc(C3CC3)cc2C)cc(C)c1F.CCOC(=O)C[C@H](C)c1cc(B2OC(C)(C)C(C)(C)O2)cc(C)c1F.Cc1cc(C2CC2)cc(C)c1Br.S. The van der Waals surface area contributed by atoms with Gasteiger partial charge in [-0.15, -0.1) is 0 Å². The Morgan fingerprint density at radius 1 is 0.646 bits per heavy atom. The molecule has 0 bridgehead atoms. The topological polar surface area (TPSA) is 71.1 Å². The lowest BCUT2D eigenvalue weighted by atomic mass is 9.76. The van der Waals surface area contributed by atoms with Crippen LogP contribution >= 0.6 is 29.4 Å². The van der Waals surface area contributed by atoms with E-state index >= 15 is 0 Å². The maximum absolute atomic E-state index is 14.8. The molecule has 1 heterocycles. The fourth-order valence-corrected chi connectivity index (χ4v) is 8.72. The fourth-order valence-electron chi connectivity index (χ4n) is 8.50. The standard InChI is InChI=1S/C24H29FO2.C19H28BFO4.C11H13Br.H2S/c1-6-27-22(26)12-14(2)21-13-20(11-17(5)24(21)25)23-15(3)9-19(10-16(23)4)18-7-8-18;1-8-23-16(22)10-12(2)15-11-14(9-13(3)17(15)21)20-24-18(4,5)19(6,7)25-20;1-7-5-10(9-3-4-9)6-8(2)11(7)12;/h9-11,13-14,18H,6-8,12H2,1-5H3;9,11-12H,8,10H2,1-7H3;5-6,9H,3-4H2,1-2H3;1H2/t14-;12-;;/m00../s1. The van der Waals surface area contributed by atoms with Gasteiger partial charge in [0.05, 0.1) is 37.3 Å². The Morgan fingerprint density at radius 3 is 1.43 bits per heavy atom. The summed E-state index contributed by atoms with van der Waals surface area (Å²) >= 11 is 3.58. The Morgan fingerprint density at radius 2 is 1.03 bits per heavy atom. The van der Waals surface area contributed by atoms with Gasteiger partial charge in [-0.1, -0.05) is 66.2 Å². The molecule has 1 saturated heterocycles. The lowest BCUT2D eigenvalue weighted by Crippen LogP contribution is -2.41. The highest BCUT2D eigenvalue weighted by molar-refractivity contribution is 9.10. The molecule has 4 aromatic rings. The van der Waals surface area contributed by atoms with Gasteiger partial charge in [0.15, 0.2) is 0 Å². The first kappa shape index (κ1) is 54.1. The van der Waals surface area contributed by atoms with Crippen LogP contribution in [0, 0.1) is 53.2 Å². The van der Waals surface area contributed by atoms with Crippen LogP contribution in [0.1, 0.15) is 173 Å². The van der Waals surface area contributed by atoms with E-state index in [1.165, 1.54) is 69.1 Å². The normalized spacial score (nSPS) is 16.8. The molecule has 3 fully saturated rings. The zero-order valence-electron chi connectivity index (χ0n) is 41.2. The molecule has 4 aromatic carbocycles. The largest absolute Gasteiger partial charge is 0.494 e. The van der Waals surface area contributed by atoms with Gasteiger partial charge in [-0.3, -0.25) is 9.59 Å². The van der Waals surface area contributed by atoms with Crippen LogP contribution in [0.2, 0.25) is 0 Å². The van der Waals surface area contributed by atoms with E-state index < -0.39 is 18.3 Å². The lowest BCUT2D eigenvalue weighted by Gasteiger charge is -2.32. The van der Waals surface area contributed by atoms with Gasteiger partial charge in [-0.2, -0.15) is 13.5 Å². The van der Waals surface area contributed by atoms with Crippen molar-refractivity contribution in [1.29, 1.82) is 0 Å². The molecule has 0 aromatic heterocycles. The third-order valence-corrected chi connectivity index (χ3v) is 14.4. The van der Waals surface area contributed by atoms with Crippen molar-refractivity contribution < 1.29 is 37.2 Å². The average Bonchev–Trinajstić information content (AvgIpc) is 4.14. The van der Waals surface area contributed by atoms with Gasteiger partial charge in [-0.05, 0) is 217 Å². The predicted molar refractivity (Wildman–Crippen MR) is 270 cm³/mol. The maximum atomic E-state index is 14.8. The number of carbonyl (C=O) groups is 2. The first-order valence-corrected chi connectivity index (χ1v) is 23.9. The minimum atomic E-state index is -0.558. The Labute approximate surface area is 404 Å². The van der Waals surface area contributed by atoms with Crippen molar-refractivity contribution in [3.63, 3.8) is 0 Å². The van der Waals surface area contributed by atoms with Crippen molar-refractivity contribution in [1.82, 2.24) is 0 Å². The van der Waals surface area contributed by atoms with Gasteiger partial charge in [0.2, 0.25) is 0 Å². The number of hydrogen-bond acceptors (Lipinski definition) is 6. The molecular formula is C54H72BBrF2O6S. The van der Waals surface area contributed by atoms with E-state index in [0.29, 0.717) is 41.4 Å². The van der Waals surface area contributed by atoms with Crippen molar-refractivity contribution in [3.8, 4) is 11.1 Å². The molecule has 2 saturated carbocycles. The van der Waals surface area contributed by atoms with Crippen molar-refractivity contribution >= 4 is 53.9 Å². The number of aryl methyl sites for hydroxylation is 6. The van der Waals surface area contributed by atoms with Crippen LogP contribution in [0.5, 0.6) is 0 Å². The quantitative estimate of drug-likeness (QED) is 0.104. The van der Waals surface area contributed by atoms with E-state index in [4.69, 9.17) is 18.8 Å². The molecule has 65 heavy (non-hydrogen) atoms. The van der Waals surface area contributed by atoms with Gasteiger partial charge in [0, 0.05) is 4.47 Å². The molecule has 3 aliphatic rings. The van der Waals surface area contributed by atoms with Crippen LogP contribution in [0.15, 0.2) is 53.0 Å². The third kappa shape index (κ3) is 13.6. The van der Waals surface area contributed by atoms with Gasteiger partial charge >= 0.3 is 19.1 Å². The number of hydrogen-bond donors (Lipinski definition) is 0. The summed E-state index contributed by atoms with van der Waals surface area (Å²) < 4.78 is 52.8. The number of esters is 2. The summed E-state index contributed by atoms with van der Waals surface area (Å²) in [7, 11) is -0.558. The van der Waals surface area contributed by atoms with E-state index in [-0.39, 0.29) is 61.7 Å². The summed E-state index contributed by atoms with van der Waals surface area (Å²) in [4.78, 5) is 23.6. The van der Waals surface area contributed by atoms with Crippen molar-refractivity contribution in [2.75, 3.05) is 13.2 Å². The number of ether oxygens (including phenoxy) is 2. The first-order chi connectivity index (χ1) is 30.0. The second kappa shape index (κ2) is 22.5. The molecule has 0 amide bonds. The van der Waals surface area contributed by atoms with E-state index in [0.717, 1.165) is 16.9 Å². The predicted octanol–water partition coefficient (Wildman–Crippen LogP) is 13.9. The minimum Gasteiger partial charge on any atom is -0.466 e. The smallest absolute Gasteiger partial charge is 0.466 e. The highest BCUT2D eigenvalue weighted by atomic mass is 79.9. The minimum absolute atomic E-state index is 0. The Kier molecular flexibility index (Phi) is 18.8. The molecule has 1 aliphatic heterocycles. The van der Waals surface area contributed by atoms with E-state index in [2.05, 4.69) is 67.9 Å². The zero-order valence-corrected chi connectivity index (χ0v) is 43.8. The van der Waals surface area contributed by atoms with Gasteiger partial charge in [0.1, 0.15) is 11.6 Å². The molecule has 6 nitrogen and oxygen atoms in total. The van der Waals surface area contributed by atoms with E-state index in [1.807, 2.05) is 53.7 Å². The van der Waals surface area contributed by atoms with Crippen LogP contribution in [-0.2, 0) is 28.4 Å². The maximum Gasteiger partial charge on any atom is 0.494 e. The Balaban J connectivity index is 0.000000226. The van der Waals surface area contributed by atoms with Gasteiger partial charge < -0.3 is 18.8 Å². The van der Waals surface area contributed by atoms with Crippen LogP contribution in [-0.4, -0.2) is 43.5 Å². The van der Waals surface area contributed by atoms with Gasteiger partial charge in [0.25, 0.3) is 0 Å². The Bertz CT molecular complexity index is 2280. The summed E-state index contributed by atoms with van der Waals surface area (Å²) in [6, 6.07) is 16.5. The molecule has 2 atom stereocenters. The van der Waals surface area contributed by atoms with Crippen molar-refractivity contribution in [2.45, 2.75) is 170 Å². The molecule has 0 N–H and O–H groups in total.